The van der Waals surface area contributed by atoms with Gasteiger partial charge in [-0.25, -0.2) is 4.39 Å². The Bertz CT molecular complexity index is 449. The van der Waals surface area contributed by atoms with Crippen molar-refractivity contribution in [1.82, 2.24) is 0 Å². The number of rotatable bonds is 3. The normalized spacial score (nSPS) is 12.0. The van der Waals surface area contributed by atoms with E-state index in [9.17, 15) is 4.39 Å². The fourth-order valence-electron chi connectivity index (χ4n) is 1.34. The first kappa shape index (κ1) is 13.8. The highest BCUT2D eigenvalue weighted by Crippen LogP contribution is 2.29. The minimum atomic E-state index is -0.426. The van der Waals surface area contributed by atoms with E-state index in [2.05, 4.69) is 21.1 Å². The molecule has 17 heavy (non-hydrogen) atoms. The van der Waals surface area contributed by atoms with Gasteiger partial charge >= 0.3 is 0 Å². The number of nitrogens with two attached hydrogens (primary N) is 1. The molecule has 3 N–H and O–H groups in total. The van der Waals surface area contributed by atoms with Crippen molar-refractivity contribution in [1.29, 1.82) is 0 Å². The standard InChI is InChI=1S/C11H15BrFN3O/c1-6(2)16(3)8-5-4-7(11(14)15-17)9(12)10(8)13/h4-6,17H,1-3H3,(H2,14,15). The Hall–Kier alpha value is -1.30. The molecular formula is C11H15BrFN3O. The first-order valence-corrected chi connectivity index (χ1v) is 5.88. The van der Waals surface area contributed by atoms with Gasteiger partial charge in [-0.3, -0.25) is 0 Å². The lowest BCUT2D eigenvalue weighted by Gasteiger charge is -2.25. The topological polar surface area (TPSA) is 61.8 Å². The number of halogens is 2. The van der Waals surface area contributed by atoms with Crippen LogP contribution in [0, 0.1) is 5.82 Å². The van der Waals surface area contributed by atoms with Crippen molar-refractivity contribution in [3.8, 4) is 0 Å². The fraction of sp³-hybridized carbons (Fsp3) is 0.364. The summed E-state index contributed by atoms with van der Waals surface area (Å²) in [6.45, 7) is 3.93. The molecule has 0 amide bonds. The van der Waals surface area contributed by atoms with Crippen LogP contribution in [0.2, 0.25) is 0 Å². The summed E-state index contributed by atoms with van der Waals surface area (Å²) in [7, 11) is 1.80. The van der Waals surface area contributed by atoms with Gasteiger partial charge in [0.05, 0.1) is 10.2 Å². The van der Waals surface area contributed by atoms with Gasteiger partial charge in [-0.1, -0.05) is 5.16 Å². The number of anilines is 1. The highest BCUT2D eigenvalue weighted by Gasteiger charge is 2.17. The van der Waals surface area contributed by atoms with Gasteiger partial charge < -0.3 is 15.8 Å². The molecule has 1 aromatic carbocycles. The van der Waals surface area contributed by atoms with Crippen molar-refractivity contribution >= 4 is 27.5 Å². The Labute approximate surface area is 108 Å². The molecule has 0 saturated carbocycles. The van der Waals surface area contributed by atoms with E-state index in [1.54, 1.807) is 24.1 Å². The zero-order valence-corrected chi connectivity index (χ0v) is 11.5. The summed E-state index contributed by atoms with van der Waals surface area (Å²) in [5.74, 6) is -0.556. The van der Waals surface area contributed by atoms with Crippen molar-refractivity contribution in [2.75, 3.05) is 11.9 Å². The van der Waals surface area contributed by atoms with Crippen LogP contribution >= 0.6 is 15.9 Å². The number of benzene rings is 1. The molecule has 6 heteroatoms. The molecule has 0 aliphatic carbocycles. The predicted molar refractivity (Wildman–Crippen MR) is 70.1 cm³/mol. The second kappa shape index (κ2) is 5.35. The molecule has 1 aromatic rings. The van der Waals surface area contributed by atoms with E-state index in [1.807, 2.05) is 13.8 Å². The minimum Gasteiger partial charge on any atom is -0.409 e. The Morgan fingerprint density at radius 3 is 2.59 bits per heavy atom. The largest absolute Gasteiger partial charge is 0.409 e. The zero-order valence-electron chi connectivity index (χ0n) is 9.91. The first-order chi connectivity index (χ1) is 7.90. The molecule has 0 bridgehead atoms. The molecule has 0 aromatic heterocycles. The molecule has 0 unspecified atom stereocenters. The van der Waals surface area contributed by atoms with Crippen LogP contribution in [0.1, 0.15) is 19.4 Å². The van der Waals surface area contributed by atoms with Crippen LogP contribution in [0.15, 0.2) is 21.8 Å². The highest BCUT2D eigenvalue weighted by molar-refractivity contribution is 9.10. The number of hydrogen-bond donors (Lipinski definition) is 2. The lowest BCUT2D eigenvalue weighted by Crippen LogP contribution is -2.27. The van der Waals surface area contributed by atoms with E-state index in [1.165, 1.54) is 0 Å². The SMILES string of the molecule is CC(C)N(C)c1ccc(/C(N)=N/O)c(Br)c1F. The lowest BCUT2D eigenvalue weighted by molar-refractivity contribution is 0.318. The number of nitrogens with zero attached hydrogens (tertiary/aromatic N) is 2. The second-order valence-electron chi connectivity index (χ2n) is 3.95. The Balaban J connectivity index is 3.29. The third-order valence-corrected chi connectivity index (χ3v) is 3.38. The molecule has 0 fully saturated rings. The summed E-state index contributed by atoms with van der Waals surface area (Å²) in [5, 5.41) is 11.4. The Morgan fingerprint density at radius 2 is 2.12 bits per heavy atom. The van der Waals surface area contributed by atoms with E-state index in [-0.39, 0.29) is 16.4 Å². The molecule has 1 rings (SSSR count). The van der Waals surface area contributed by atoms with Gasteiger partial charge in [-0.2, -0.15) is 0 Å². The van der Waals surface area contributed by atoms with Crippen LogP contribution < -0.4 is 10.6 Å². The molecule has 0 heterocycles. The smallest absolute Gasteiger partial charge is 0.171 e. The van der Waals surface area contributed by atoms with Crippen LogP contribution in [0.5, 0.6) is 0 Å². The average Bonchev–Trinajstić information content (AvgIpc) is 2.30. The van der Waals surface area contributed by atoms with Crippen molar-refractivity contribution in [2.24, 2.45) is 10.9 Å². The van der Waals surface area contributed by atoms with Gasteiger partial charge in [0.15, 0.2) is 11.7 Å². The molecule has 0 radical (unpaired) electrons. The van der Waals surface area contributed by atoms with E-state index < -0.39 is 5.82 Å². The van der Waals surface area contributed by atoms with Crippen LogP contribution in [0.4, 0.5) is 10.1 Å². The van der Waals surface area contributed by atoms with Crippen molar-refractivity contribution in [3.63, 3.8) is 0 Å². The zero-order chi connectivity index (χ0) is 13.2. The highest BCUT2D eigenvalue weighted by atomic mass is 79.9. The summed E-state index contributed by atoms with van der Waals surface area (Å²) in [4.78, 5) is 1.80. The van der Waals surface area contributed by atoms with Gasteiger partial charge in [-0.15, -0.1) is 0 Å². The van der Waals surface area contributed by atoms with E-state index in [0.29, 0.717) is 11.3 Å². The molecule has 0 aliphatic rings. The maximum atomic E-state index is 14.1. The fourth-order valence-corrected chi connectivity index (χ4v) is 1.88. The lowest BCUT2D eigenvalue weighted by atomic mass is 10.1. The third kappa shape index (κ3) is 2.69. The maximum Gasteiger partial charge on any atom is 0.171 e. The maximum absolute atomic E-state index is 14.1. The second-order valence-corrected chi connectivity index (χ2v) is 4.74. The van der Waals surface area contributed by atoms with Crippen LogP contribution in [0.25, 0.3) is 0 Å². The van der Waals surface area contributed by atoms with Crippen molar-refractivity contribution in [3.05, 3.63) is 28.0 Å². The van der Waals surface area contributed by atoms with Gasteiger partial charge in [0.2, 0.25) is 0 Å². The number of hydrogen-bond acceptors (Lipinski definition) is 3. The van der Waals surface area contributed by atoms with Crippen molar-refractivity contribution in [2.45, 2.75) is 19.9 Å². The first-order valence-electron chi connectivity index (χ1n) is 5.08. The number of amidine groups is 1. The number of oxime groups is 1. The summed E-state index contributed by atoms with van der Waals surface area (Å²) in [6, 6.07) is 3.38. The van der Waals surface area contributed by atoms with E-state index in [0.717, 1.165) is 0 Å². The van der Waals surface area contributed by atoms with Crippen LogP contribution in [0.3, 0.4) is 0 Å². The molecule has 0 spiro atoms. The predicted octanol–water partition coefficient (Wildman–Crippen LogP) is 2.53. The molecule has 94 valence electrons. The van der Waals surface area contributed by atoms with Crippen LogP contribution in [-0.4, -0.2) is 24.1 Å². The van der Waals surface area contributed by atoms with Gasteiger partial charge in [-0.05, 0) is 41.9 Å². The molecule has 0 aliphatic heterocycles. The Morgan fingerprint density at radius 1 is 1.53 bits per heavy atom. The van der Waals surface area contributed by atoms with Crippen molar-refractivity contribution < 1.29 is 9.60 Å². The summed E-state index contributed by atoms with van der Waals surface area (Å²) < 4.78 is 14.3. The van der Waals surface area contributed by atoms with E-state index in [4.69, 9.17) is 10.9 Å². The quantitative estimate of drug-likeness (QED) is 0.390. The van der Waals surface area contributed by atoms with E-state index >= 15 is 0 Å². The van der Waals surface area contributed by atoms with Gasteiger partial charge in [0.1, 0.15) is 0 Å². The molecule has 4 nitrogen and oxygen atoms in total. The monoisotopic (exact) mass is 303 g/mol. The van der Waals surface area contributed by atoms with Crippen LogP contribution in [-0.2, 0) is 0 Å². The van der Waals surface area contributed by atoms with Gasteiger partial charge in [0, 0.05) is 18.7 Å². The molecular weight excluding hydrogens is 289 g/mol. The summed E-state index contributed by atoms with van der Waals surface area (Å²) >= 11 is 3.12. The molecule has 0 atom stereocenters. The minimum absolute atomic E-state index is 0.130. The summed E-state index contributed by atoms with van der Waals surface area (Å²) in [6.07, 6.45) is 0. The molecule has 0 saturated heterocycles. The van der Waals surface area contributed by atoms with Gasteiger partial charge in [0.25, 0.3) is 0 Å². The summed E-state index contributed by atoms with van der Waals surface area (Å²) in [5.41, 5.74) is 6.22. The third-order valence-electron chi connectivity index (χ3n) is 2.60. The Kier molecular flexibility index (Phi) is 4.34. The average molecular weight is 304 g/mol.